The molecule has 2 N–H and O–H groups in total. The SMILES string of the molecule is CCN(CCOC)CCOC(=O)c1ccc(N)cc1. The van der Waals surface area contributed by atoms with E-state index in [0.29, 0.717) is 31.0 Å². The van der Waals surface area contributed by atoms with Gasteiger partial charge in [-0.3, -0.25) is 4.90 Å². The Labute approximate surface area is 114 Å². The third-order valence-corrected chi connectivity index (χ3v) is 2.85. The van der Waals surface area contributed by atoms with Gasteiger partial charge < -0.3 is 15.2 Å². The van der Waals surface area contributed by atoms with Crippen LogP contribution in [-0.4, -0.2) is 50.8 Å². The molecule has 5 heteroatoms. The Bertz CT molecular complexity index is 379. The van der Waals surface area contributed by atoms with Gasteiger partial charge in [0.1, 0.15) is 6.61 Å². The molecule has 1 rings (SSSR count). The van der Waals surface area contributed by atoms with Crippen molar-refractivity contribution in [3.8, 4) is 0 Å². The number of anilines is 1. The molecule has 0 radical (unpaired) electrons. The van der Waals surface area contributed by atoms with Gasteiger partial charge in [-0.1, -0.05) is 6.92 Å². The van der Waals surface area contributed by atoms with Gasteiger partial charge >= 0.3 is 5.97 Å². The summed E-state index contributed by atoms with van der Waals surface area (Å²) in [6.07, 6.45) is 0. The highest BCUT2D eigenvalue weighted by molar-refractivity contribution is 5.89. The number of carbonyl (C=O) groups is 1. The Balaban J connectivity index is 2.31. The van der Waals surface area contributed by atoms with Crippen molar-refractivity contribution in [1.82, 2.24) is 4.90 Å². The molecule has 0 amide bonds. The molecule has 0 saturated carbocycles. The molecule has 0 aliphatic rings. The summed E-state index contributed by atoms with van der Waals surface area (Å²) in [7, 11) is 1.68. The number of methoxy groups -OCH3 is 1. The van der Waals surface area contributed by atoms with Crippen molar-refractivity contribution in [2.45, 2.75) is 6.92 Å². The number of likely N-dealkylation sites (N-methyl/N-ethyl adjacent to an activating group) is 1. The van der Waals surface area contributed by atoms with Crippen molar-refractivity contribution >= 4 is 11.7 Å². The van der Waals surface area contributed by atoms with Gasteiger partial charge in [0.15, 0.2) is 0 Å². The molecule has 0 aliphatic heterocycles. The van der Waals surface area contributed by atoms with Crippen molar-refractivity contribution in [1.29, 1.82) is 0 Å². The van der Waals surface area contributed by atoms with Gasteiger partial charge in [-0.2, -0.15) is 0 Å². The molecule has 0 fully saturated rings. The van der Waals surface area contributed by atoms with Gasteiger partial charge in [-0.15, -0.1) is 0 Å². The first-order chi connectivity index (χ1) is 9.17. The van der Waals surface area contributed by atoms with Crippen LogP contribution in [0, 0.1) is 0 Å². The van der Waals surface area contributed by atoms with Crippen molar-refractivity contribution in [2.75, 3.05) is 45.7 Å². The lowest BCUT2D eigenvalue weighted by Crippen LogP contribution is -2.31. The van der Waals surface area contributed by atoms with Crippen LogP contribution >= 0.6 is 0 Å². The van der Waals surface area contributed by atoms with E-state index in [2.05, 4.69) is 11.8 Å². The molecular weight excluding hydrogens is 244 g/mol. The van der Waals surface area contributed by atoms with Crippen LogP contribution in [0.15, 0.2) is 24.3 Å². The first-order valence-corrected chi connectivity index (χ1v) is 6.41. The number of carbonyl (C=O) groups excluding carboxylic acids is 1. The minimum absolute atomic E-state index is 0.317. The molecular formula is C14H22N2O3. The molecule has 0 bridgehead atoms. The summed E-state index contributed by atoms with van der Waals surface area (Å²) < 4.78 is 10.2. The fourth-order valence-corrected chi connectivity index (χ4v) is 1.62. The molecule has 5 nitrogen and oxygen atoms in total. The van der Waals surface area contributed by atoms with Crippen LogP contribution in [0.1, 0.15) is 17.3 Å². The zero-order valence-corrected chi connectivity index (χ0v) is 11.6. The second-order valence-corrected chi connectivity index (χ2v) is 4.18. The van der Waals surface area contributed by atoms with E-state index in [1.54, 1.807) is 31.4 Å². The highest BCUT2D eigenvalue weighted by Crippen LogP contribution is 2.06. The van der Waals surface area contributed by atoms with Gasteiger partial charge in [-0.05, 0) is 30.8 Å². The van der Waals surface area contributed by atoms with Gasteiger partial charge in [-0.25, -0.2) is 4.79 Å². The molecule has 1 aromatic carbocycles. The highest BCUT2D eigenvalue weighted by atomic mass is 16.5. The average molecular weight is 266 g/mol. The van der Waals surface area contributed by atoms with Crippen LogP contribution in [0.3, 0.4) is 0 Å². The topological polar surface area (TPSA) is 64.8 Å². The Morgan fingerprint density at radius 1 is 1.21 bits per heavy atom. The zero-order chi connectivity index (χ0) is 14.1. The van der Waals surface area contributed by atoms with E-state index in [4.69, 9.17) is 15.2 Å². The monoisotopic (exact) mass is 266 g/mol. The van der Waals surface area contributed by atoms with Gasteiger partial charge in [0.2, 0.25) is 0 Å². The third-order valence-electron chi connectivity index (χ3n) is 2.85. The predicted octanol–water partition coefficient (Wildman–Crippen LogP) is 1.39. The summed E-state index contributed by atoms with van der Waals surface area (Å²) >= 11 is 0. The smallest absolute Gasteiger partial charge is 0.338 e. The van der Waals surface area contributed by atoms with Crippen molar-refractivity contribution < 1.29 is 14.3 Å². The number of rotatable bonds is 8. The molecule has 0 aliphatic carbocycles. The lowest BCUT2D eigenvalue weighted by Gasteiger charge is -2.19. The molecule has 0 saturated heterocycles. The number of nitrogen functional groups attached to an aromatic ring is 1. The van der Waals surface area contributed by atoms with Crippen LogP contribution in [0.25, 0.3) is 0 Å². The normalized spacial score (nSPS) is 10.7. The quantitative estimate of drug-likeness (QED) is 0.569. The molecule has 0 atom stereocenters. The fourth-order valence-electron chi connectivity index (χ4n) is 1.62. The molecule has 0 heterocycles. The number of nitrogens with zero attached hydrogens (tertiary/aromatic N) is 1. The molecule has 1 aromatic rings. The maximum absolute atomic E-state index is 11.7. The first kappa shape index (κ1) is 15.5. The summed E-state index contributed by atoms with van der Waals surface area (Å²) in [5, 5.41) is 0. The fraction of sp³-hybridized carbons (Fsp3) is 0.500. The van der Waals surface area contributed by atoms with E-state index < -0.39 is 0 Å². The largest absolute Gasteiger partial charge is 0.461 e. The van der Waals surface area contributed by atoms with Crippen molar-refractivity contribution in [3.05, 3.63) is 29.8 Å². The summed E-state index contributed by atoms with van der Waals surface area (Å²) in [4.78, 5) is 13.9. The Kier molecular flexibility index (Phi) is 6.92. The molecule has 0 unspecified atom stereocenters. The average Bonchev–Trinajstić information content (AvgIpc) is 2.43. The second kappa shape index (κ2) is 8.50. The second-order valence-electron chi connectivity index (χ2n) is 4.18. The van der Waals surface area contributed by atoms with E-state index >= 15 is 0 Å². The summed E-state index contributed by atoms with van der Waals surface area (Å²) in [6, 6.07) is 6.71. The van der Waals surface area contributed by atoms with Crippen LogP contribution in [0.4, 0.5) is 5.69 Å². The lowest BCUT2D eigenvalue weighted by atomic mass is 10.2. The van der Waals surface area contributed by atoms with Gasteiger partial charge in [0.05, 0.1) is 12.2 Å². The molecule has 106 valence electrons. The van der Waals surface area contributed by atoms with E-state index in [-0.39, 0.29) is 5.97 Å². The lowest BCUT2D eigenvalue weighted by molar-refractivity contribution is 0.0450. The van der Waals surface area contributed by atoms with Crippen LogP contribution in [0.5, 0.6) is 0 Å². The van der Waals surface area contributed by atoms with Crippen LogP contribution in [-0.2, 0) is 9.47 Å². The minimum Gasteiger partial charge on any atom is -0.461 e. The van der Waals surface area contributed by atoms with Gasteiger partial charge in [0, 0.05) is 25.9 Å². The molecule has 0 aromatic heterocycles. The maximum Gasteiger partial charge on any atom is 0.338 e. The van der Waals surface area contributed by atoms with Crippen molar-refractivity contribution in [2.24, 2.45) is 0 Å². The maximum atomic E-state index is 11.7. The van der Waals surface area contributed by atoms with Crippen LogP contribution < -0.4 is 5.73 Å². The number of hydrogen-bond donors (Lipinski definition) is 1. The Morgan fingerprint density at radius 2 is 1.84 bits per heavy atom. The summed E-state index contributed by atoms with van der Waals surface area (Å²) in [6.45, 7) is 5.58. The first-order valence-electron chi connectivity index (χ1n) is 6.41. The highest BCUT2D eigenvalue weighted by Gasteiger charge is 2.08. The number of esters is 1. The number of hydrogen-bond acceptors (Lipinski definition) is 5. The van der Waals surface area contributed by atoms with E-state index in [9.17, 15) is 4.79 Å². The molecule has 19 heavy (non-hydrogen) atoms. The Hall–Kier alpha value is -1.59. The van der Waals surface area contributed by atoms with E-state index in [1.165, 1.54) is 0 Å². The van der Waals surface area contributed by atoms with Crippen LogP contribution in [0.2, 0.25) is 0 Å². The minimum atomic E-state index is -0.317. The predicted molar refractivity (Wildman–Crippen MR) is 75.1 cm³/mol. The van der Waals surface area contributed by atoms with E-state index in [0.717, 1.165) is 13.1 Å². The zero-order valence-electron chi connectivity index (χ0n) is 11.6. The van der Waals surface area contributed by atoms with Gasteiger partial charge in [0.25, 0.3) is 0 Å². The summed E-state index contributed by atoms with van der Waals surface area (Å²) in [5.74, 6) is -0.317. The standard InChI is InChI=1S/C14H22N2O3/c1-3-16(8-10-18-2)9-11-19-14(17)12-4-6-13(15)7-5-12/h4-7H,3,8-11,15H2,1-2H3. The number of nitrogens with two attached hydrogens (primary N) is 1. The Morgan fingerprint density at radius 3 is 2.42 bits per heavy atom. The number of benzene rings is 1. The van der Waals surface area contributed by atoms with E-state index in [1.807, 2.05) is 0 Å². The third kappa shape index (κ3) is 5.72. The number of ether oxygens (including phenoxy) is 2. The molecule has 0 spiro atoms. The summed E-state index contributed by atoms with van der Waals surface area (Å²) in [5.41, 5.74) is 6.72. The van der Waals surface area contributed by atoms with Crippen molar-refractivity contribution in [3.63, 3.8) is 0 Å².